The molecule has 2 aliphatic rings. The lowest BCUT2D eigenvalue weighted by Crippen LogP contribution is -2.54. The van der Waals surface area contributed by atoms with E-state index in [4.69, 9.17) is 0 Å². The van der Waals surface area contributed by atoms with Gasteiger partial charge in [-0.2, -0.15) is 0 Å². The lowest BCUT2D eigenvalue weighted by atomic mass is 10.1. The van der Waals surface area contributed by atoms with Gasteiger partial charge in [-0.1, -0.05) is 36.8 Å². The van der Waals surface area contributed by atoms with Gasteiger partial charge < -0.3 is 5.32 Å². The lowest BCUT2D eigenvalue weighted by Gasteiger charge is -2.40. The number of hydrogen-bond donors (Lipinski definition) is 1. The Labute approximate surface area is 123 Å². The molecule has 1 aliphatic carbocycles. The SMILES string of the molecule is CN[C@H]1CCC[C@@H]1N1CCN(Cc2ccccc2)CC1. The molecular formula is C17H27N3. The van der Waals surface area contributed by atoms with E-state index in [-0.39, 0.29) is 0 Å². The molecule has 3 heteroatoms. The van der Waals surface area contributed by atoms with E-state index in [2.05, 4.69) is 52.5 Å². The van der Waals surface area contributed by atoms with Gasteiger partial charge in [-0.3, -0.25) is 9.80 Å². The summed E-state index contributed by atoms with van der Waals surface area (Å²) in [6.07, 6.45) is 4.12. The number of rotatable bonds is 4. The van der Waals surface area contributed by atoms with Crippen LogP contribution in [-0.4, -0.2) is 55.1 Å². The molecule has 1 saturated carbocycles. The summed E-state index contributed by atoms with van der Waals surface area (Å²) in [5, 5.41) is 3.51. The molecule has 2 atom stereocenters. The molecule has 1 saturated heterocycles. The van der Waals surface area contributed by atoms with Crippen molar-refractivity contribution in [2.24, 2.45) is 0 Å². The summed E-state index contributed by atoms with van der Waals surface area (Å²) in [4.78, 5) is 5.31. The predicted octanol–water partition coefficient (Wildman–Crippen LogP) is 1.94. The second-order valence-corrected chi connectivity index (χ2v) is 6.19. The maximum atomic E-state index is 3.51. The normalized spacial score (nSPS) is 28.9. The summed E-state index contributed by atoms with van der Waals surface area (Å²) in [6.45, 7) is 5.99. The minimum Gasteiger partial charge on any atom is -0.315 e. The first kappa shape index (κ1) is 14.1. The number of nitrogens with one attached hydrogen (secondary N) is 1. The Hall–Kier alpha value is -0.900. The molecule has 1 heterocycles. The van der Waals surface area contributed by atoms with Crippen molar-refractivity contribution in [3.8, 4) is 0 Å². The molecule has 110 valence electrons. The van der Waals surface area contributed by atoms with Crippen LogP contribution in [0.1, 0.15) is 24.8 Å². The number of hydrogen-bond acceptors (Lipinski definition) is 3. The van der Waals surface area contributed by atoms with Crippen LogP contribution >= 0.6 is 0 Å². The van der Waals surface area contributed by atoms with Crippen LogP contribution in [0.15, 0.2) is 30.3 Å². The highest BCUT2D eigenvalue weighted by Crippen LogP contribution is 2.25. The van der Waals surface area contributed by atoms with Gasteiger partial charge in [0, 0.05) is 44.8 Å². The van der Waals surface area contributed by atoms with E-state index in [0.29, 0.717) is 0 Å². The van der Waals surface area contributed by atoms with Crippen LogP contribution in [-0.2, 0) is 6.54 Å². The zero-order chi connectivity index (χ0) is 13.8. The molecule has 0 amide bonds. The molecule has 0 radical (unpaired) electrons. The molecule has 2 fully saturated rings. The van der Waals surface area contributed by atoms with E-state index >= 15 is 0 Å². The van der Waals surface area contributed by atoms with E-state index in [1.807, 2.05) is 0 Å². The zero-order valence-corrected chi connectivity index (χ0v) is 12.6. The first-order valence-electron chi connectivity index (χ1n) is 8.04. The zero-order valence-electron chi connectivity index (χ0n) is 12.6. The van der Waals surface area contributed by atoms with Crippen LogP contribution in [0.2, 0.25) is 0 Å². The van der Waals surface area contributed by atoms with Gasteiger partial charge in [0.25, 0.3) is 0 Å². The van der Waals surface area contributed by atoms with Crippen LogP contribution < -0.4 is 5.32 Å². The third kappa shape index (κ3) is 3.22. The minimum atomic E-state index is 0.718. The summed E-state index contributed by atoms with van der Waals surface area (Å²) in [5.74, 6) is 0. The summed E-state index contributed by atoms with van der Waals surface area (Å²) < 4.78 is 0. The fraction of sp³-hybridized carbons (Fsp3) is 0.647. The van der Waals surface area contributed by atoms with Gasteiger partial charge in [-0.25, -0.2) is 0 Å². The Morgan fingerprint density at radius 1 is 1.05 bits per heavy atom. The number of likely N-dealkylation sites (N-methyl/N-ethyl adjacent to an activating group) is 1. The molecule has 1 N–H and O–H groups in total. The third-order valence-electron chi connectivity index (χ3n) is 4.98. The molecule has 1 aromatic rings. The van der Waals surface area contributed by atoms with Crippen LogP contribution in [0.3, 0.4) is 0 Å². The third-order valence-corrected chi connectivity index (χ3v) is 4.98. The average Bonchev–Trinajstić information content (AvgIpc) is 2.98. The molecule has 0 unspecified atom stereocenters. The number of piperazine rings is 1. The highest BCUT2D eigenvalue weighted by molar-refractivity contribution is 5.14. The molecule has 0 bridgehead atoms. The second-order valence-electron chi connectivity index (χ2n) is 6.19. The van der Waals surface area contributed by atoms with Crippen molar-refractivity contribution in [1.29, 1.82) is 0 Å². The van der Waals surface area contributed by atoms with E-state index in [0.717, 1.165) is 18.6 Å². The van der Waals surface area contributed by atoms with Crippen molar-refractivity contribution >= 4 is 0 Å². The Balaban J connectivity index is 1.49. The van der Waals surface area contributed by atoms with Gasteiger partial charge in [0.05, 0.1) is 0 Å². The monoisotopic (exact) mass is 273 g/mol. The van der Waals surface area contributed by atoms with E-state index < -0.39 is 0 Å². The van der Waals surface area contributed by atoms with E-state index in [9.17, 15) is 0 Å². The topological polar surface area (TPSA) is 18.5 Å². The number of benzene rings is 1. The molecule has 3 nitrogen and oxygen atoms in total. The molecule has 0 spiro atoms. The Bertz CT molecular complexity index is 398. The highest BCUT2D eigenvalue weighted by Gasteiger charge is 2.32. The lowest BCUT2D eigenvalue weighted by molar-refractivity contribution is 0.0840. The highest BCUT2D eigenvalue weighted by atomic mass is 15.3. The Kier molecular flexibility index (Phi) is 4.71. The van der Waals surface area contributed by atoms with Gasteiger partial charge in [-0.15, -0.1) is 0 Å². The summed E-state index contributed by atoms with van der Waals surface area (Å²) in [6, 6.07) is 12.3. The first-order chi connectivity index (χ1) is 9.86. The second kappa shape index (κ2) is 6.70. The van der Waals surface area contributed by atoms with Gasteiger partial charge in [0.1, 0.15) is 0 Å². The molecule has 20 heavy (non-hydrogen) atoms. The molecule has 0 aromatic heterocycles. The van der Waals surface area contributed by atoms with Crippen LogP contribution in [0.25, 0.3) is 0 Å². The molecule has 3 rings (SSSR count). The van der Waals surface area contributed by atoms with Crippen LogP contribution in [0, 0.1) is 0 Å². The maximum Gasteiger partial charge on any atom is 0.0250 e. The maximum absolute atomic E-state index is 3.51. The van der Waals surface area contributed by atoms with E-state index in [1.54, 1.807) is 0 Å². The van der Waals surface area contributed by atoms with Gasteiger partial charge in [0.15, 0.2) is 0 Å². The molecule has 1 aromatic carbocycles. The Morgan fingerprint density at radius 2 is 1.80 bits per heavy atom. The largest absolute Gasteiger partial charge is 0.315 e. The summed E-state index contributed by atoms with van der Waals surface area (Å²) >= 11 is 0. The van der Waals surface area contributed by atoms with Crippen molar-refractivity contribution in [3.05, 3.63) is 35.9 Å². The quantitative estimate of drug-likeness (QED) is 0.904. The predicted molar refractivity (Wildman–Crippen MR) is 83.8 cm³/mol. The van der Waals surface area contributed by atoms with E-state index in [1.165, 1.54) is 51.0 Å². The summed E-state index contributed by atoms with van der Waals surface area (Å²) in [7, 11) is 2.12. The molecular weight excluding hydrogens is 246 g/mol. The van der Waals surface area contributed by atoms with Crippen molar-refractivity contribution in [1.82, 2.24) is 15.1 Å². The fourth-order valence-electron chi connectivity index (χ4n) is 3.81. The average molecular weight is 273 g/mol. The van der Waals surface area contributed by atoms with Crippen molar-refractivity contribution in [2.75, 3.05) is 33.2 Å². The standard InChI is InChI=1S/C17H27N3/c1-18-16-8-5-9-17(16)20-12-10-19(11-13-20)14-15-6-3-2-4-7-15/h2-4,6-7,16-18H,5,8-14H2,1H3/t16-,17-/m0/s1. The minimum absolute atomic E-state index is 0.718. The smallest absolute Gasteiger partial charge is 0.0250 e. The van der Waals surface area contributed by atoms with Crippen LogP contribution in [0.5, 0.6) is 0 Å². The van der Waals surface area contributed by atoms with Gasteiger partial charge >= 0.3 is 0 Å². The van der Waals surface area contributed by atoms with Gasteiger partial charge in [-0.05, 0) is 25.5 Å². The molecule has 1 aliphatic heterocycles. The first-order valence-corrected chi connectivity index (χ1v) is 8.04. The number of nitrogens with zero attached hydrogens (tertiary/aromatic N) is 2. The van der Waals surface area contributed by atoms with Crippen molar-refractivity contribution in [2.45, 2.75) is 37.9 Å². The van der Waals surface area contributed by atoms with Crippen molar-refractivity contribution < 1.29 is 0 Å². The Morgan fingerprint density at radius 3 is 2.50 bits per heavy atom. The van der Waals surface area contributed by atoms with Gasteiger partial charge in [0.2, 0.25) is 0 Å². The summed E-state index contributed by atoms with van der Waals surface area (Å²) in [5.41, 5.74) is 1.44. The van der Waals surface area contributed by atoms with Crippen molar-refractivity contribution in [3.63, 3.8) is 0 Å². The van der Waals surface area contributed by atoms with Crippen LogP contribution in [0.4, 0.5) is 0 Å². The fourth-order valence-corrected chi connectivity index (χ4v) is 3.81.